The predicted octanol–water partition coefficient (Wildman–Crippen LogP) is 7.16. The van der Waals surface area contributed by atoms with Gasteiger partial charge in [-0.05, 0) is 83.7 Å². The number of hydrogen-bond acceptors (Lipinski definition) is 4. The minimum atomic E-state index is -0.648. The molecule has 4 rings (SSSR count). The zero-order valence-electron chi connectivity index (χ0n) is 21.6. The number of rotatable bonds is 5. The van der Waals surface area contributed by atoms with Gasteiger partial charge in [0.1, 0.15) is 0 Å². The fourth-order valence-electron chi connectivity index (χ4n) is 4.88. The maximum Gasteiger partial charge on any atom is 0.346 e. The minimum absolute atomic E-state index is 0.102. The highest BCUT2D eigenvalue weighted by Crippen LogP contribution is 2.49. The van der Waals surface area contributed by atoms with E-state index in [2.05, 4.69) is 58.7 Å². The molecule has 0 spiro atoms. The summed E-state index contributed by atoms with van der Waals surface area (Å²) in [5.41, 5.74) is 7.13. The number of benzene rings is 3. The lowest BCUT2D eigenvalue weighted by atomic mass is 9.62. The van der Waals surface area contributed by atoms with Crippen molar-refractivity contribution in [1.29, 1.82) is 0 Å². The van der Waals surface area contributed by atoms with Crippen molar-refractivity contribution in [2.75, 3.05) is 18.5 Å². The van der Waals surface area contributed by atoms with Crippen molar-refractivity contribution in [3.05, 3.63) is 89.0 Å². The van der Waals surface area contributed by atoms with Gasteiger partial charge in [-0.3, -0.25) is 0 Å². The first-order valence-corrected chi connectivity index (χ1v) is 12.4. The second-order valence-corrected chi connectivity index (χ2v) is 10.8. The summed E-state index contributed by atoms with van der Waals surface area (Å²) in [7, 11) is 2.12. The van der Waals surface area contributed by atoms with Gasteiger partial charge >= 0.3 is 11.9 Å². The molecule has 0 bridgehead atoms. The number of carbonyl (C=O) groups excluding carboxylic acids is 2. The van der Waals surface area contributed by atoms with E-state index in [1.54, 1.807) is 36.4 Å². The van der Waals surface area contributed by atoms with Crippen LogP contribution >= 0.6 is 0 Å². The molecule has 0 N–H and O–H groups in total. The quantitative estimate of drug-likeness (QED) is 0.294. The lowest BCUT2D eigenvalue weighted by Gasteiger charge is -2.43. The fraction of sp³-hybridized carbons (Fsp3) is 0.355. The minimum Gasteiger partial charge on any atom is -0.386 e. The molecular formula is C31H35NO3. The average molecular weight is 470 g/mol. The van der Waals surface area contributed by atoms with Crippen LogP contribution in [0.3, 0.4) is 0 Å². The van der Waals surface area contributed by atoms with Gasteiger partial charge in [0.25, 0.3) is 0 Å². The Morgan fingerprint density at radius 1 is 0.800 bits per heavy atom. The molecule has 0 atom stereocenters. The summed E-state index contributed by atoms with van der Waals surface area (Å²) in [6, 6.07) is 20.6. The van der Waals surface area contributed by atoms with Crippen LogP contribution in [0.5, 0.6) is 0 Å². The molecule has 0 saturated carbocycles. The predicted molar refractivity (Wildman–Crippen MR) is 142 cm³/mol. The molecule has 4 heteroatoms. The molecule has 182 valence electrons. The molecule has 4 nitrogen and oxygen atoms in total. The first-order valence-electron chi connectivity index (χ1n) is 12.4. The monoisotopic (exact) mass is 469 g/mol. The molecule has 1 aliphatic carbocycles. The van der Waals surface area contributed by atoms with Gasteiger partial charge in [0.15, 0.2) is 0 Å². The molecule has 0 fully saturated rings. The maximum atomic E-state index is 12.6. The van der Waals surface area contributed by atoms with Gasteiger partial charge in [-0.25, -0.2) is 9.59 Å². The Bertz CT molecular complexity index is 1240. The number of nitrogens with zero attached hydrogens (tertiary/aromatic N) is 1. The molecule has 35 heavy (non-hydrogen) atoms. The summed E-state index contributed by atoms with van der Waals surface area (Å²) >= 11 is 0. The van der Waals surface area contributed by atoms with Crippen LogP contribution in [0.15, 0.2) is 66.7 Å². The van der Waals surface area contributed by atoms with E-state index in [4.69, 9.17) is 4.74 Å². The molecular weight excluding hydrogens is 434 g/mol. The second kappa shape index (κ2) is 9.33. The molecule has 3 aromatic carbocycles. The second-order valence-electron chi connectivity index (χ2n) is 10.8. The number of fused-ring (bicyclic) bond motifs is 1. The average Bonchev–Trinajstić information content (AvgIpc) is 2.86. The van der Waals surface area contributed by atoms with E-state index in [1.165, 1.54) is 23.2 Å². The van der Waals surface area contributed by atoms with Crippen molar-refractivity contribution in [3.63, 3.8) is 0 Å². The molecule has 3 aromatic rings. The molecule has 0 heterocycles. The van der Waals surface area contributed by atoms with E-state index < -0.39 is 11.9 Å². The zero-order chi connectivity index (χ0) is 25.4. The molecule has 0 saturated heterocycles. The number of esters is 2. The highest BCUT2D eigenvalue weighted by molar-refractivity contribution is 6.02. The summed E-state index contributed by atoms with van der Waals surface area (Å²) in [6.45, 7) is 12.4. The molecule has 0 aromatic heterocycles. The van der Waals surface area contributed by atoms with Crippen LogP contribution in [-0.4, -0.2) is 25.5 Å². The summed E-state index contributed by atoms with van der Waals surface area (Å²) in [5.74, 6) is -1.30. The van der Waals surface area contributed by atoms with E-state index >= 15 is 0 Å². The Labute approximate surface area is 208 Å². The van der Waals surface area contributed by atoms with Crippen LogP contribution < -0.4 is 4.90 Å². The van der Waals surface area contributed by atoms with Crippen LogP contribution in [0.2, 0.25) is 0 Å². The van der Waals surface area contributed by atoms with Crippen molar-refractivity contribution < 1.29 is 14.3 Å². The van der Waals surface area contributed by atoms with Crippen LogP contribution in [-0.2, 0) is 15.6 Å². The van der Waals surface area contributed by atoms with Gasteiger partial charge in [0.05, 0.1) is 11.1 Å². The number of anilines is 1. The summed E-state index contributed by atoms with van der Waals surface area (Å²) in [5, 5.41) is 0. The fourth-order valence-corrected chi connectivity index (χ4v) is 4.88. The van der Waals surface area contributed by atoms with Crippen molar-refractivity contribution in [3.8, 4) is 11.1 Å². The van der Waals surface area contributed by atoms with Crippen LogP contribution in [0.1, 0.15) is 79.3 Å². The van der Waals surface area contributed by atoms with E-state index in [9.17, 15) is 9.59 Å². The van der Waals surface area contributed by atoms with Gasteiger partial charge in [-0.15, -0.1) is 0 Å². The summed E-state index contributed by atoms with van der Waals surface area (Å²) < 4.78 is 5.09. The van der Waals surface area contributed by atoms with Crippen molar-refractivity contribution in [1.82, 2.24) is 0 Å². The lowest BCUT2D eigenvalue weighted by Crippen LogP contribution is -2.34. The maximum absolute atomic E-state index is 12.6. The zero-order valence-corrected chi connectivity index (χ0v) is 21.6. The SMILES string of the molecule is CCN(C)c1cc2c(cc1-c1ccc(C(=O)OC(=O)c3ccccc3)cc1)C(C)(C)CCC2(C)C. The Morgan fingerprint density at radius 3 is 1.86 bits per heavy atom. The Morgan fingerprint density at radius 2 is 1.31 bits per heavy atom. The van der Waals surface area contributed by atoms with Crippen molar-refractivity contribution in [2.45, 2.75) is 58.3 Å². The van der Waals surface area contributed by atoms with Crippen LogP contribution in [0.25, 0.3) is 11.1 Å². The first kappa shape index (κ1) is 24.7. The Kier molecular flexibility index (Phi) is 6.59. The molecule has 0 aliphatic heterocycles. The smallest absolute Gasteiger partial charge is 0.346 e. The Balaban J connectivity index is 1.69. The standard InChI is InChI=1S/C31H35NO3/c1-7-32(6)27-20-26-25(30(2,3)17-18-31(26,4)5)19-24(27)21-13-15-23(16-14-21)29(34)35-28(33)22-11-9-8-10-12-22/h8-16,19-20H,7,17-18H2,1-6H3. The normalized spacial score (nSPS) is 15.7. The largest absolute Gasteiger partial charge is 0.386 e. The summed E-state index contributed by atoms with van der Waals surface area (Å²) in [6.07, 6.45) is 2.32. The molecule has 0 radical (unpaired) electrons. The number of ether oxygens (including phenoxy) is 1. The molecule has 0 unspecified atom stereocenters. The van der Waals surface area contributed by atoms with Crippen LogP contribution in [0.4, 0.5) is 5.69 Å². The third-order valence-corrected chi connectivity index (χ3v) is 7.48. The third kappa shape index (κ3) is 4.88. The first-order chi connectivity index (χ1) is 16.5. The highest BCUT2D eigenvalue weighted by atomic mass is 16.6. The van der Waals surface area contributed by atoms with Gasteiger partial charge < -0.3 is 9.64 Å². The van der Waals surface area contributed by atoms with E-state index in [0.717, 1.165) is 24.1 Å². The Hall–Kier alpha value is -3.40. The summed E-state index contributed by atoms with van der Waals surface area (Å²) in [4.78, 5) is 27.1. The van der Waals surface area contributed by atoms with Gasteiger partial charge in [-0.1, -0.05) is 58.0 Å². The van der Waals surface area contributed by atoms with Crippen LogP contribution in [0, 0.1) is 0 Å². The van der Waals surface area contributed by atoms with Crippen molar-refractivity contribution >= 4 is 17.6 Å². The number of hydrogen-bond donors (Lipinski definition) is 0. The topological polar surface area (TPSA) is 46.6 Å². The van der Waals surface area contributed by atoms with Gasteiger partial charge in [0, 0.05) is 24.8 Å². The van der Waals surface area contributed by atoms with Crippen molar-refractivity contribution in [2.24, 2.45) is 0 Å². The third-order valence-electron chi connectivity index (χ3n) is 7.48. The lowest BCUT2D eigenvalue weighted by molar-refractivity contribution is 0.0398. The van der Waals surface area contributed by atoms with Gasteiger partial charge in [0.2, 0.25) is 0 Å². The van der Waals surface area contributed by atoms with E-state index in [-0.39, 0.29) is 10.8 Å². The van der Waals surface area contributed by atoms with E-state index in [1.807, 2.05) is 18.2 Å². The highest BCUT2D eigenvalue weighted by Gasteiger charge is 2.38. The van der Waals surface area contributed by atoms with Gasteiger partial charge in [-0.2, -0.15) is 0 Å². The number of carbonyl (C=O) groups is 2. The molecule has 0 amide bonds. The molecule has 1 aliphatic rings. The van der Waals surface area contributed by atoms with E-state index in [0.29, 0.717) is 11.1 Å².